The molecule has 0 saturated carbocycles. The van der Waals surface area contributed by atoms with Crippen molar-refractivity contribution in [1.29, 1.82) is 0 Å². The van der Waals surface area contributed by atoms with Gasteiger partial charge in [-0.25, -0.2) is 0 Å². The van der Waals surface area contributed by atoms with Gasteiger partial charge in [0.2, 0.25) is 0 Å². The number of hydrazine groups is 1. The Morgan fingerprint density at radius 2 is 1.79 bits per heavy atom. The van der Waals surface area contributed by atoms with Crippen LogP contribution in [-0.2, 0) is 0 Å². The van der Waals surface area contributed by atoms with E-state index in [0.29, 0.717) is 11.3 Å². The van der Waals surface area contributed by atoms with Gasteiger partial charge in [0, 0.05) is 12.5 Å². The Bertz CT molecular complexity index is 376. The van der Waals surface area contributed by atoms with Gasteiger partial charge in [0.05, 0.1) is 6.10 Å². The van der Waals surface area contributed by atoms with Gasteiger partial charge in [0.25, 0.3) is 0 Å². The molecule has 1 aromatic rings. The summed E-state index contributed by atoms with van der Waals surface area (Å²) in [6.07, 6.45) is -5.08. The van der Waals surface area contributed by atoms with Crippen LogP contribution in [0.2, 0.25) is 0 Å². The molecule has 1 aromatic carbocycles. The monoisotopic (exact) mass is 276 g/mol. The molecular formula is C13H19F3N2O. The molecule has 108 valence electrons. The van der Waals surface area contributed by atoms with Gasteiger partial charge in [-0.2, -0.15) is 13.2 Å². The van der Waals surface area contributed by atoms with Crippen LogP contribution >= 0.6 is 0 Å². The second kappa shape index (κ2) is 6.77. The summed E-state index contributed by atoms with van der Waals surface area (Å²) in [5.74, 6) is 5.99. The number of nitrogens with one attached hydrogen (secondary N) is 1. The summed E-state index contributed by atoms with van der Waals surface area (Å²) in [7, 11) is 0. The number of hydrogen-bond donors (Lipinski definition) is 2. The van der Waals surface area contributed by atoms with Crippen molar-refractivity contribution in [1.82, 2.24) is 5.43 Å². The quantitative estimate of drug-likeness (QED) is 0.619. The van der Waals surface area contributed by atoms with Crippen LogP contribution in [0.25, 0.3) is 0 Å². The highest BCUT2D eigenvalue weighted by atomic mass is 19.4. The van der Waals surface area contributed by atoms with Crippen LogP contribution in [0.3, 0.4) is 0 Å². The van der Waals surface area contributed by atoms with Gasteiger partial charge < -0.3 is 4.74 Å². The largest absolute Gasteiger partial charge is 0.491 e. The van der Waals surface area contributed by atoms with Gasteiger partial charge in [-0.15, -0.1) is 0 Å². The highest BCUT2D eigenvalue weighted by Gasteiger charge is 2.28. The maximum Gasteiger partial charge on any atom is 0.389 e. The minimum Gasteiger partial charge on any atom is -0.491 e. The minimum absolute atomic E-state index is 0.0551. The highest BCUT2D eigenvalue weighted by Crippen LogP contribution is 2.28. The first-order valence-electron chi connectivity index (χ1n) is 6.11. The molecule has 1 unspecified atom stereocenters. The normalized spacial score (nSPS) is 13.6. The van der Waals surface area contributed by atoms with Crippen molar-refractivity contribution < 1.29 is 17.9 Å². The van der Waals surface area contributed by atoms with Gasteiger partial charge in [0.1, 0.15) is 5.75 Å². The molecule has 1 atom stereocenters. The SMILES string of the molecule is CC(C)Oc1ccc(C(CCC(F)(F)F)NN)cc1. The molecule has 3 N–H and O–H groups in total. The van der Waals surface area contributed by atoms with E-state index in [1.165, 1.54) is 0 Å². The molecule has 0 spiro atoms. The zero-order valence-corrected chi connectivity index (χ0v) is 11.0. The molecule has 19 heavy (non-hydrogen) atoms. The third-order valence-electron chi connectivity index (χ3n) is 2.57. The van der Waals surface area contributed by atoms with Crippen LogP contribution in [0.1, 0.15) is 38.3 Å². The first-order chi connectivity index (χ1) is 8.81. The zero-order chi connectivity index (χ0) is 14.5. The number of hydrogen-bond acceptors (Lipinski definition) is 3. The van der Waals surface area contributed by atoms with E-state index in [9.17, 15) is 13.2 Å². The molecule has 0 amide bonds. The van der Waals surface area contributed by atoms with Crippen molar-refractivity contribution in [2.75, 3.05) is 0 Å². The maximum absolute atomic E-state index is 12.2. The molecule has 0 radical (unpaired) electrons. The fourth-order valence-corrected chi connectivity index (χ4v) is 1.71. The smallest absolute Gasteiger partial charge is 0.389 e. The van der Waals surface area contributed by atoms with E-state index in [1.54, 1.807) is 24.3 Å². The van der Waals surface area contributed by atoms with Crippen LogP contribution in [0.15, 0.2) is 24.3 Å². The topological polar surface area (TPSA) is 47.3 Å². The Balaban J connectivity index is 2.66. The predicted molar refractivity (Wildman–Crippen MR) is 67.6 cm³/mol. The molecule has 0 aliphatic heterocycles. The number of alkyl halides is 3. The number of nitrogens with two attached hydrogens (primary N) is 1. The van der Waals surface area contributed by atoms with E-state index in [4.69, 9.17) is 10.6 Å². The summed E-state index contributed by atoms with van der Waals surface area (Å²) in [5, 5.41) is 0. The Hall–Kier alpha value is -1.27. The van der Waals surface area contributed by atoms with Crippen molar-refractivity contribution in [3.8, 4) is 5.75 Å². The van der Waals surface area contributed by atoms with Gasteiger partial charge in [-0.05, 0) is 38.0 Å². The van der Waals surface area contributed by atoms with Crippen LogP contribution in [0, 0.1) is 0 Å². The Morgan fingerprint density at radius 3 is 2.21 bits per heavy atom. The number of ether oxygens (including phenoxy) is 1. The molecule has 0 fully saturated rings. The lowest BCUT2D eigenvalue weighted by molar-refractivity contribution is -0.136. The molecule has 0 aliphatic rings. The fraction of sp³-hybridized carbons (Fsp3) is 0.538. The molecule has 1 rings (SSSR count). The first kappa shape index (κ1) is 15.8. The van der Waals surface area contributed by atoms with E-state index in [2.05, 4.69) is 5.43 Å². The van der Waals surface area contributed by atoms with E-state index in [-0.39, 0.29) is 12.5 Å². The summed E-state index contributed by atoms with van der Waals surface area (Å²) in [4.78, 5) is 0. The lowest BCUT2D eigenvalue weighted by Gasteiger charge is -2.18. The average molecular weight is 276 g/mol. The molecule has 0 aromatic heterocycles. The molecule has 3 nitrogen and oxygen atoms in total. The van der Waals surface area contributed by atoms with Crippen molar-refractivity contribution in [3.63, 3.8) is 0 Å². The van der Waals surface area contributed by atoms with E-state index >= 15 is 0 Å². The number of halogens is 3. The minimum atomic E-state index is -4.17. The predicted octanol–water partition coefficient (Wildman–Crippen LogP) is 3.32. The number of rotatable bonds is 6. The van der Waals surface area contributed by atoms with Crippen LogP contribution in [0.5, 0.6) is 5.75 Å². The summed E-state index contributed by atoms with van der Waals surface area (Å²) < 4.78 is 42.0. The summed E-state index contributed by atoms with van der Waals surface area (Å²) in [6, 6.07) is 6.38. The second-order valence-electron chi connectivity index (χ2n) is 4.61. The van der Waals surface area contributed by atoms with Crippen molar-refractivity contribution in [2.24, 2.45) is 5.84 Å². The van der Waals surface area contributed by atoms with E-state index in [1.807, 2.05) is 13.8 Å². The van der Waals surface area contributed by atoms with Crippen LogP contribution in [-0.4, -0.2) is 12.3 Å². The van der Waals surface area contributed by atoms with E-state index in [0.717, 1.165) is 0 Å². The van der Waals surface area contributed by atoms with Gasteiger partial charge >= 0.3 is 6.18 Å². The summed E-state index contributed by atoms with van der Waals surface area (Å²) in [5.41, 5.74) is 3.12. The lowest BCUT2D eigenvalue weighted by Crippen LogP contribution is -2.29. The molecule has 0 heterocycles. The average Bonchev–Trinajstić information content (AvgIpc) is 2.29. The van der Waals surface area contributed by atoms with Gasteiger partial charge in [-0.3, -0.25) is 11.3 Å². The molecule has 6 heteroatoms. The highest BCUT2D eigenvalue weighted by molar-refractivity contribution is 5.29. The second-order valence-corrected chi connectivity index (χ2v) is 4.61. The summed E-state index contributed by atoms with van der Waals surface area (Å²) in [6.45, 7) is 3.81. The van der Waals surface area contributed by atoms with Crippen molar-refractivity contribution >= 4 is 0 Å². The van der Waals surface area contributed by atoms with Crippen LogP contribution in [0.4, 0.5) is 13.2 Å². The zero-order valence-electron chi connectivity index (χ0n) is 11.0. The standard InChI is InChI=1S/C13H19F3N2O/c1-9(2)19-11-5-3-10(4-6-11)12(18-17)7-8-13(14,15)16/h3-6,9,12,18H,7-8,17H2,1-2H3. The van der Waals surface area contributed by atoms with Gasteiger partial charge in [0.15, 0.2) is 0 Å². The fourth-order valence-electron chi connectivity index (χ4n) is 1.71. The van der Waals surface area contributed by atoms with Crippen molar-refractivity contribution in [3.05, 3.63) is 29.8 Å². The molecular weight excluding hydrogens is 257 g/mol. The Morgan fingerprint density at radius 1 is 1.21 bits per heavy atom. The summed E-state index contributed by atoms with van der Waals surface area (Å²) >= 11 is 0. The molecule has 0 saturated heterocycles. The molecule has 0 aliphatic carbocycles. The van der Waals surface area contributed by atoms with E-state index < -0.39 is 18.6 Å². The Kier molecular flexibility index (Phi) is 5.62. The first-order valence-corrected chi connectivity index (χ1v) is 6.11. The maximum atomic E-state index is 12.2. The van der Waals surface area contributed by atoms with Crippen molar-refractivity contribution in [2.45, 2.75) is 45.0 Å². The molecule has 0 bridgehead atoms. The van der Waals surface area contributed by atoms with Gasteiger partial charge in [-0.1, -0.05) is 12.1 Å². The Labute approximate surface area is 110 Å². The van der Waals surface area contributed by atoms with Crippen LogP contribution < -0.4 is 16.0 Å². The number of benzene rings is 1. The third kappa shape index (κ3) is 5.94. The third-order valence-corrected chi connectivity index (χ3v) is 2.57. The lowest BCUT2D eigenvalue weighted by atomic mass is 10.0.